The number of piperazine rings is 1. The number of nitrogens with one attached hydrogen (secondary N) is 1. The van der Waals surface area contributed by atoms with Crippen molar-refractivity contribution in [2.24, 2.45) is 0 Å². The van der Waals surface area contributed by atoms with Crippen LogP contribution in [0.1, 0.15) is 27.7 Å². The van der Waals surface area contributed by atoms with E-state index in [0.29, 0.717) is 17.5 Å². The van der Waals surface area contributed by atoms with Crippen molar-refractivity contribution in [3.8, 4) is 0 Å². The van der Waals surface area contributed by atoms with E-state index in [0.717, 1.165) is 32.6 Å². The lowest BCUT2D eigenvalue weighted by molar-refractivity contribution is -0.121. The molecule has 0 radical (unpaired) electrons. The number of carbonyl (C=O) groups is 2. The molecule has 1 aromatic carbocycles. The zero-order chi connectivity index (χ0) is 20.6. The number of benzene rings is 1. The second kappa shape index (κ2) is 10.5. The fourth-order valence-electron chi connectivity index (χ4n) is 3.66. The summed E-state index contributed by atoms with van der Waals surface area (Å²) >= 11 is 1.39. The van der Waals surface area contributed by atoms with Crippen molar-refractivity contribution in [3.63, 3.8) is 0 Å². The van der Waals surface area contributed by atoms with Gasteiger partial charge < -0.3 is 15.1 Å². The van der Waals surface area contributed by atoms with Gasteiger partial charge in [-0.15, -0.1) is 11.3 Å². The van der Waals surface area contributed by atoms with E-state index < -0.39 is 0 Å². The average Bonchev–Trinajstić information content (AvgIpc) is 3.27. The fourth-order valence-corrected chi connectivity index (χ4v) is 4.37. The molecule has 0 saturated carbocycles. The van der Waals surface area contributed by atoms with Gasteiger partial charge in [0.15, 0.2) is 0 Å². The van der Waals surface area contributed by atoms with Crippen molar-refractivity contribution >= 4 is 23.2 Å². The van der Waals surface area contributed by atoms with Crippen LogP contribution in [0.15, 0.2) is 47.8 Å². The predicted molar refractivity (Wildman–Crippen MR) is 117 cm³/mol. The fraction of sp³-hybridized carbons (Fsp3) is 0.455. The van der Waals surface area contributed by atoms with Crippen LogP contribution in [0.3, 0.4) is 0 Å². The van der Waals surface area contributed by atoms with Gasteiger partial charge in [-0.05, 0) is 30.5 Å². The van der Waals surface area contributed by atoms with Crippen LogP contribution in [-0.4, -0.2) is 79.9 Å². The first-order chi connectivity index (χ1) is 14.0. The van der Waals surface area contributed by atoms with E-state index in [9.17, 15) is 9.59 Å². The van der Waals surface area contributed by atoms with Crippen LogP contribution < -0.4 is 5.32 Å². The lowest BCUT2D eigenvalue weighted by Gasteiger charge is -2.40. The summed E-state index contributed by atoms with van der Waals surface area (Å²) in [6, 6.07) is 14.6. The highest BCUT2D eigenvalue weighted by atomic mass is 32.1. The van der Waals surface area contributed by atoms with Crippen molar-refractivity contribution in [3.05, 3.63) is 58.3 Å². The smallest absolute Gasteiger partial charge is 0.264 e. The lowest BCUT2D eigenvalue weighted by Crippen LogP contribution is -2.47. The molecular weight excluding hydrogens is 384 g/mol. The Hall–Kier alpha value is -2.22. The minimum Gasteiger partial charge on any atom is -0.355 e. The Balaban J connectivity index is 1.42. The standard InChI is InChI=1S/C22H30N4O2S/c1-24-13-14-26(19(16-24)18-8-4-3-5-9-18)12-7-11-23-21(27)17-25(2)22(28)20-10-6-15-29-20/h3-6,8-10,15,19H,7,11-14,16-17H2,1-2H3,(H,23,27). The average molecular weight is 415 g/mol. The van der Waals surface area contributed by atoms with Crippen molar-refractivity contribution in [1.29, 1.82) is 0 Å². The zero-order valence-corrected chi connectivity index (χ0v) is 18.0. The van der Waals surface area contributed by atoms with Crippen LogP contribution in [-0.2, 0) is 4.79 Å². The number of hydrogen-bond acceptors (Lipinski definition) is 5. The summed E-state index contributed by atoms with van der Waals surface area (Å²) in [6.07, 6.45) is 0.890. The Morgan fingerprint density at radius 1 is 1.17 bits per heavy atom. The molecule has 1 aliphatic heterocycles. The third-order valence-electron chi connectivity index (χ3n) is 5.28. The highest BCUT2D eigenvalue weighted by Crippen LogP contribution is 2.24. The maximum Gasteiger partial charge on any atom is 0.264 e. The number of rotatable bonds is 8. The quantitative estimate of drug-likeness (QED) is 0.674. The van der Waals surface area contributed by atoms with Crippen LogP contribution in [0.4, 0.5) is 0 Å². The molecule has 1 fully saturated rings. The number of nitrogens with zero attached hydrogens (tertiary/aromatic N) is 3. The summed E-state index contributed by atoms with van der Waals surface area (Å²) in [6.45, 7) is 4.75. The molecule has 2 heterocycles. The molecule has 3 rings (SSSR count). The van der Waals surface area contributed by atoms with Crippen LogP contribution in [0.2, 0.25) is 0 Å². The second-order valence-electron chi connectivity index (χ2n) is 7.57. The van der Waals surface area contributed by atoms with E-state index in [2.05, 4.69) is 52.5 Å². The van der Waals surface area contributed by atoms with Crippen LogP contribution in [0.25, 0.3) is 0 Å². The molecule has 1 saturated heterocycles. The van der Waals surface area contributed by atoms with Crippen LogP contribution >= 0.6 is 11.3 Å². The molecule has 0 bridgehead atoms. The SMILES string of the molecule is CN1CCN(CCCNC(=O)CN(C)C(=O)c2cccs2)C(c2ccccc2)C1. The molecule has 1 atom stereocenters. The van der Waals surface area contributed by atoms with Crippen LogP contribution in [0, 0.1) is 0 Å². The normalized spacial score (nSPS) is 17.8. The Bertz CT molecular complexity index is 781. The summed E-state index contributed by atoms with van der Waals surface area (Å²) in [5, 5.41) is 4.81. The number of hydrogen-bond donors (Lipinski definition) is 1. The molecule has 1 aliphatic rings. The Morgan fingerprint density at radius 3 is 2.69 bits per heavy atom. The van der Waals surface area contributed by atoms with Gasteiger partial charge in [0.25, 0.3) is 5.91 Å². The van der Waals surface area contributed by atoms with Crippen molar-refractivity contribution in [2.75, 3.05) is 53.4 Å². The lowest BCUT2D eigenvalue weighted by atomic mass is 10.0. The highest BCUT2D eigenvalue weighted by molar-refractivity contribution is 7.12. The minimum atomic E-state index is -0.115. The van der Waals surface area contributed by atoms with Gasteiger partial charge in [-0.25, -0.2) is 0 Å². The van der Waals surface area contributed by atoms with Gasteiger partial charge in [-0.1, -0.05) is 36.4 Å². The van der Waals surface area contributed by atoms with Gasteiger partial charge in [0.1, 0.15) is 0 Å². The molecule has 6 nitrogen and oxygen atoms in total. The Labute approximate surface area is 177 Å². The van der Waals surface area contributed by atoms with Crippen LogP contribution in [0.5, 0.6) is 0 Å². The van der Waals surface area contributed by atoms with Crippen molar-refractivity contribution < 1.29 is 9.59 Å². The molecular formula is C22H30N4O2S. The zero-order valence-electron chi connectivity index (χ0n) is 17.2. The summed E-state index contributed by atoms with van der Waals surface area (Å²) in [5.41, 5.74) is 1.34. The summed E-state index contributed by atoms with van der Waals surface area (Å²) in [7, 11) is 3.83. The molecule has 1 N–H and O–H groups in total. The molecule has 2 amide bonds. The topological polar surface area (TPSA) is 55.9 Å². The van der Waals surface area contributed by atoms with E-state index >= 15 is 0 Å². The number of amides is 2. The first-order valence-electron chi connectivity index (χ1n) is 10.1. The molecule has 0 spiro atoms. The first-order valence-corrected chi connectivity index (χ1v) is 11.0. The maximum absolute atomic E-state index is 12.2. The monoisotopic (exact) mass is 414 g/mol. The number of likely N-dealkylation sites (N-methyl/N-ethyl adjacent to an activating group) is 2. The third kappa shape index (κ3) is 6.13. The third-order valence-corrected chi connectivity index (χ3v) is 6.14. The predicted octanol–water partition coefficient (Wildman–Crippen LogP) is 2.32. The maximum atomic E-state index is 12.2. The molecule has 7 heteroatoms. The number of carbonyl (C=O) groups excluding carboxylic acids is 2. The van der Waals surface area contributed by atoms with E-state index in [-0.39, 0.29) is 18.4 Å². The van der Waals surface area contributed by atoms with Gasteiger partial charge in [0.05, 0.1) is 11.4 Å². The van der Waals surface area contributed by atoms with Gasteiger partial charge in [-0.3, -0.25) is 14.5 Å². The molecule has 1 unspecified atom stereocenters. The van der Waals surface area contributed by atoms with Crippen molar-refractivity contribution in [1.82, 2.24) is 20.0 Å². The summed E-state index contributed by atoms with van der Waals surface area (Å²) in [4.78, 5) is 31.4. The number of thiophene rings is 1. The molecule has 1 aromatic heterocycles. The summed E-state index contributed by atoms with van der Waals surface area (Å²) < 4.78 is 0. The largest absolute Gasteiger partial charge is 0.355 e. The van der Waals surface area contributed by atoms with Gasteiger partial charge in [-0.2, -0.15) is 0 Å². The summed E-state index contributed by atoms with van der Waals surface area (Å²) in [5.74, 6) is -0.228. The van der Waals surface area contributed by atoms with E-state index in [4.69, 9.17) is 0 Å². The second-order valence-corrected chi connectivity index (χ2v) is 8.51. The van der Waals surface area contributed by atoms with E-state index in [1.165, 1.54) is 21.8 Å². The Kier molecular flexibility index (Phi) is 7.80. The molecule has 2 aromatic rings. The van der Waals surface area contributed by atoms with E-state index in [1.54, 1.807) is 13.1 Å². The van der Waals surface area contributed by atoms with Crippen molar-refractivity contribution in [2.45, 2.75) is 12.5 Å². The van der Waals surface area contributed by atoms with Gasteiger partial charge in [0.2, 0.25) is 5.91 Å². The molecule has 156 valence electrons. The molecule has 29 heavy (non-hydrogen) atoms. The molecule has 0 aliphatic carbocycles. The minimum absolute atomic E-state index is 0.0812. The van der Waals surface area contributed by atoms with Gasteiger partial charge >= 0.3 is 0 Å². The highest BCUT2D eigenvalue weighted by Gasteiger charge is 2.26. The van der Waals surface area contributed by atoms with Gasteiger partial charge in [0, 0.05) is 45.8 Å². The Morgan fingerprint density at radius 2 is 1.97 bits per heavy atom. The van der Waals surface area contributed by atoms with E-state index in [1.807, 2.05) is 11.4 Å². The first kappa shape index (κ1) is 21.5.